The van der Waals surface area contributed by atoms with Crippen LogP contribution in [0.1, 0.15) is 0 Å². The third-order valence-corrected chi connectivity index (χ3v) is 6.91. The maximum Gasteiger partial charge on any atom is 0.203 e. The molecule has 0 spiro atoms. The fourth-order valence-corrected chi connectivity index (χ4v) is 4.72. The van der Waals surface area contributed by atoms with Crippen molar-refractivity contribution < 1.29 is 18.9 Å². The normalized spacial score (nSPS) is 13.1. The molecule has 4 aromatic rings. The summed E-state index contributed by atoms with van der Waals surface area (Å²) < 4.78 is 25.1. The Bertz CT molecular complexity index is 1360. The topological polar surface area (TPSA) is 103 Å². The average Bonchev–Trinajstić information content (AvgIpc) is 3.00. The van der Waals surface area contributed by atoms with E-state index in [9.17, 15) is 0 Å². The van der Waals surface area contributed by atoms with Crippen LogP contribution in [0, 0.1) is 0 Å². The zero-order valence-electron chi connectivity index (χ0n) is 22.0. The van der Waals surface area contributed by atoms with Crippen molar-refractivity contribution in [2.45, 2.75) is 4.90 Å². The Morgan fingerprint density at radius 3 is 2.23 bits per heavy atom. The Morgan fingerprint density at radius 1 is 0.846 bits per heavy atom. The summed E-state index contributed by atoms with van der Waals surface area (Å²) in [6.07, 6.45) is 5.29. The first-order chi connectivity index (χ1) is 19.2. The van der Waals surface area contributed by atoms with E-state index in [1.807, 2.05) is 42.6 Å². The van der Waals surface area contributed by atoms with E-state index in [0.717, 1.165) is 59.6 Å². The fourth-order valence-electron chi connectivity index (χ4n) is 4.11. The molecule has 1 fully saturated rings. The molecule has 202 valence electrons. The first kappa shape index (κ1) is 26.4. The van der Waals surface area contributed by atoms with Gasteiger partial charge < -0.3 is 33.9 Å². The van der Waals surface area contributed by atoms with Crippen LogP contribution in [0.2, 0.25) is 0 Å². The SMILES string of the molecule is COc1cc(Nc2cncc(-c3ccc(NSc4ccc(N5CCOCC5)nc4)cc3)n2)cc(OC)c1OC. The Labute approximate surface area is 231 Å². The molecule has 1 aliphatic heterocycles. The van der Waals surface area contributed by atoms with E-state index >= 15 is 0 Å². The number of pyridine rings is 1. The predicted molar refractivity (Wildman–Crippen MR) is 154 cm³/mol. The van der Waals surface area contributed by atoms with Gasteiger partial charge in [0.15, 0.2) is 11.5 Å². The second-order valence-corrected chi connectivity index (χ2v) is 9.44. The minimum absolute atomic E-state index is 0.526. The second kappa shape index (κ2) is 12.5. The first-order valence-electron chi connectivity index (χ1n) is 12.4. The van der Waals surface area contributed by atoms with Crippen LogP contribution < -0.4 is 29.1 Å². The summed E-state index contributed by atoms with van der Waals surface area (Å²) in [6, 6.07) is 15.8. The second-order valence-electron chi connectivity index (χ2n) is 8.56. The fraction of sp³-hybridized carbons (Fsp3) is 0.250. The van der Waals surface area contributed by atoms with Gasteiger partial charge in [0, 0.05) is 53.3 Å². The van der Waals surface area contributed by atoms with Crippen molar-refractivity contribution in [1.82, 2.24) is 15.0 Å². The van der Waals surface area contributed by atoms with Crippen LogP contribution in [0.5, 0.6) is 17.2 Å². The highest BCUT2D eigenvalue weighted by atomic mass is 32.2. The monoisotopic (exact) mass is 546 g/mol. The lowest BCUT2D eigenvalue weighted by Crippen LogP contribution is -2.36. The average molecular weight is 547 g/mol. The summed E-state index contributed by atoms with van der Waals surface area (Å²) in [5, 5.41) is 3.27. The Kier molecular flexibility index (Phi) is 8.49. The van der Waals surface area contributed by atoms with Crippen molar-refractivity contribution in [3.63, 3.8) is 0 Å². The van der Waals surface area contributed by atoms with Crippen LogP contribution >= 0.6 is 11.9 Å². The lowest BCUT2D eigenvalue weighted by atomic mass is 10.1. The summed E-state index contributed by atoms with van der Waals surface area (Å²) in [5.41, 5.74) is 3.40. The van der Waals surface area contributed by atoms with Crippen LogP contribution in [0.25, 0.3) is 11.3 Å². The number of ether oxygens (including phenoxy) is 4. The molecule has 11 heteroatoms. The van der Waals surface area contributed by atoms with Crippen molar-refractivity contribution in [3.8, 4) is 28.5 Å². The maximum atomic E-state index is 5.44. The van der Waals surface area contributed by atoms with Gasteiger partial charge in [-0.25, -0.2) is 9.97 Å². The van der Waals surface area contributed by atoms with Gasteiger partial charge in [-0.15, -0.1) is 0 Å². The van der Waals surface area contributed by atoms with Gasteiger partial charge in [0.2, 0.25) is 5.75 Å². The number of nitrogens with zero attached hydrogens (tertiary/aromatic N) is 4. The standard InChI is InChI=1S/C28H30N6O4S/c1-35-24-14-21(15-25(36-2)28(24)37-3)31-26-18-29-17-23(32-26)19-4-6-20(7-5-19)33-39-22-8-9-27(30-16-22)34-10-12-38-13-11-34/h4-9,14-18,33H,10-13H2,1-3H3,(H,31,32). The molecule has 3 heterocycles. The predicted octanol–water partition coefficient (Wildman–Crippen LogP) is 5.26. The van der Waals surface area contributed by atoms with Gasteiger partial charge >= 0.3 is 0 Å². The van der Waals surface area contributed by atoms with Crippen LogP contribution in [0.4, 0.5) is 23.0 Å². The number of hydrogen-bond donors (Lipinski definition) is 2. The summed E-state index contributed by atoms with van der Waals surface area (Å²) in [4.78, 5) is 17.0. The van der Waals surface area contributed by atoms with Crippen molar-refractivity contribution in [1.29, 1.82) is 0 Å². The van der Waals surface area contributed by atoms with Gasteiger partial charge in [-0.1, -0.05) is 12.1 Å². The molecule has 2 aromatic heterocycles. The van der Waals surface area contributed by atoms with Crippen LogP contribution in [-0.4, -0.2) is 62.6 Å². The lowest BCUT2D eigenvalue weighted by molar-refractivity contribution is 0.122. The smallest absolute Gasteiger partial charge is 0.203 e. The van der Waals surface area contributed by atoms with Crippen LogP contribution in [-0.2, 0) is 4.74 Å². The van der Waals surface area contributed by atoms with Crippen molar-refractivity contribution in [2.75, 3.05) is 62.6 Å². The molecule has 0 aliphatic carbocycles. The Hall–Kier alpha value is -4.22. The number of methoxy groups -OCH3 is 3. The molecular weight excluding hydrogens is 516 g/mol. The van der Waals surface area contributed by atoms with Gasteiger partial charge in [0.05, 0.1) is 52.6 Å². The molecule has 2 N–H and O–H groups in total. The van der Waals surface area contributed by atoms with Gasteiger partial charge in [-0.2, -0.15) is 0 Å². The van der Waals surface area contributed by atoms with Gasteiger partial charge in [0.25, 0.3) is 0 Å². The van der Waals surface area contributed by atoms with Gasteiger partial charge in [0.1, 0.15) is 11.6 Å². The minimum Gasteiger partial charge on any atom is -0.493 e. The highest BCUT2D eigenvalue weighted by Crippen LogP contribution is 2.40. The highest BCUT2D eigenvalue weighted by Gasteiger charge is 2.14. The molecule has 1 saturated heterocycles. The van der Waals surface area contributed by atoms with Crippen LogP contribution in [0.3, 0.4) is 0 Å². The third-order valence-electron chi connectivity index (χ3n) is 6.09. The Morgan fingerprint density at radius 2 is 1.59 bits per heavy atom. The highest BCUT2D eigenvalue weighted by molar-refractivity contribution is 8.00. The molecule has 0 amide bonds. The van der Waals surface area contributed by atoms with E-state index in [1.54, 1.807) is 33.7 Å². The lowest BCUT2D eigenvalue weighted by Gasteiger charge is -2.27. The molecule has 0 saturated carbocycles. The molecular formula is C28H30N6O4S. The summed E-state index contributed by atoms with van der Waals surface area (Å²) in [6.45, 7) is 3.24. The molecule has 10 nitrogen and oxygen atoms in total. The van der Waals surface area contributed by atoms with Crippen LogP contribution in [0.15, 0.2) is 72.0 Å². The molecule has 39 heavy (non-hydrogen) atoms. The summed E-state index contributed by atoms with van der Waals surface area (Å²) in [7, 11) is 4.73. The van der Waals surface area contributed by atoms with E-state index < -0.39 is 0 Å². The minimum atomic E-state index is 0.526. The number of aromatic nitrogens is 3. The number of rotatable bonds is 10. The molecule has 5 rings (SSSR count). The summed E-state index contributed by atoms with van der Waals surface area (Å²) >= 11 is 1.52. The molecule has 0 unspecified atom stereocenters. The molecule has 0 radical (unpaired) electrons. The van der Waals surface area contributed by atoms with Crippen molar-refractivity contribution >= 4 is 35.0 Å². The number of hydrogen-bond acceptors (Lipinski definition) is 11. The zero-order chi connectivity index (χ0) is 27.0. The van der Waals surface area contributed by atoms with Crippen molar-refractivity contribution in [3.05, 3.63) is 67.1 Å². The van der Waals surface area contributed by atoms with Gasteiger partial charge in [-0.3, -0.25) is 4.98 Å². The van der Waals surface area contributed by atoms with E-state index in [2.05, 4.69) is 37.0 Å². The largest absolute Gasteiger partial charge is 0.493 e. The van der Waals surface area contributed by atoms with E-state index in [-0.39, 0.29) is 0 Å². The maximum absolute atomic E-state index is 5.44. The summed E-state index contributed by atoms with van der Waals surface area (Å²) in [5.74, 6) is 3.20. The van der Waals surface area contributed by atoms with Gasteiger partial charge in [-0.05, 0) is 36.2 Å². The number of nitrogens with one attached hydrogen (secondary N) is 2. The third kappa shape index (κ3) is 6.44. The molecule has 2 aromatic carbocycles. The molecule has 0 bridgehead atoms. The Balaban J connectivity index is 1.22. The van der Waals surface area contributed by atoms with Crippen molar-refractivity contribution in [2.24, 2.45) is 0 Å². The molecule has 1 aliphatic rings. The quantitative estimate of drug-likeness (QED) is 0.255. The zero-order valence-corrected chi connectivity index (χ0v) is 22.8. The van der Waals surface area contributed by atoms with E-state index in [0.29, 0.717) is 23.1 Å². The number of morpholine rings is 1. The van der Waals surface area contributed by atoms with E-state index in [1.165, 1.54) is 11.9 Å². The number of benzene rings is 2. The number of anilines is 4. The first-order valence-corrected chi connectivity index (χ1v) is 13.2. The van der Waals surface area contributed by atoms with E-state index in [4.69, 9.17) is 23.9 Å². The molecule has 0 atom stereocenters.